The summed E-state index contributed by atoms with van der Waals surface area (Å²) in [7, 11) is 0. The summed E-state index contributed by atoms with van der Waals surface area (Å²) < 4.78 is 54.1. The number of ketones is 1. The van der Waals surface area contributed by atoms with E-state index in [0.717, 1.165) is 17.7 Å². The summed E-state index contributed by atoms with van der Waals surface area (Å²) in [6, 6.07) is 9.07. The van der Waals surface area contributed by atoms with E-state index >= 15 is 0 Å². The van der Waals surface area contributed by atoms with Gasteiger partial charge in [-0.05, 0) is 37.1 Å². The number of benzene rings is 2. The molecular formula is C22H17F4N3O. The van der Waals surface area contributed by atoms with Gasteiger partial charge in [0.1, 0.15) is 11.4 Å². The minimum Gasteiger partial charge on any atom is -0.297 e. The fraction of sp³-hybridized carbons (Fsp3) is 0.227. The van der Waals surface area contributed by atoms with Crippen LogP contribution < -0.4 is 0 Å². The summed E-state index contributed by atoms with van der Waals surface area (Å²) in [5, 5.41) is 4.22. The summed E-state index contributed by atoms with van der Waals surface area (Å²) >= 11 is 0. The van der Waals surface area contributed by atoms with E-state index in [-0.39, 0.29) is 23.6 Å². The number of halogens is 4. The van der Waals surface area contributed by atoms with Crippen molar-refractivity contribution in [3.05, 3.63) is 83.2 Å². The predicted molar refractivity (Wildman–Crippen MR) is 103 cm³/mol. The van der Waals surface area contributed by atoms with Crippen molar-refractivity contribution in [3.63, 3.8) is 0 Å². The second-order valence-corrected chi connectivity index (χ2v) is 7.30. The molecular weight excluding hydrogens is 398 g/mol. The smallest absolute Gasteiger partial charge is 0.297 e. The molecule has 8 heteroatoms. The minimum atomic E-state index is -4.68. The van der Waals surface area contributed by atoms with Gasteiger partial charge < -0.3 is 0 Å². The molecule has 2 aromatic carbocycles. The quantitative estimate of drug-likeness (QED) is 0.390. The highest BCUT2D eigenvalue weighted by Gasteiger charge is 2.35. The van der Waals surface area contributed by atoms with E-state index in [0.29, 0.717) is 5.56 Å². The van der Waals surface area contributed by atoms with Crippen LogP contribution in [0.3, 0.4) is 0 Å². The van der Waals surface area contributed by atoms with Crippen LogP contribution in [0.25, 0.3) is 16.0 Å². The Morgan fingerprint density at radius 1 is 1.10 bits per heavy atom. The molecule has 0 bridgehead atoms. The van der Waals surface area contributed by atoms with Crippen LogP contribution in [0.4, 0.5) is 23.2 Å². The Kier molecular flexibility index (Phi) is 5.49. The number of hydrogen-bond acceptors (Lipinski definition) is 2. The summed E-state index contributed by atoms with van der Waals surface area (Å²) in [5.41, 5.74) is -1.13. The molecule has 1 heterocycles. The maximum absolute atomic E-state index is 13.2. The third-order valence-electron chi connectivity index (χ3n) is 4.87. The van der Waals surface area contributed by atoms with Crippen molar-refractivity contribution in [2.75, 3.05) is 0 Å². The molecule has 3 rings (SSSR count). The largest absolute Gasteiger partial charge is 0.407 e. The van der Waals surface area contributed by atoms with Crippen molar-refractivity contribution in [1.29, 1.82) is 0 Å². The molecule has 4 nitrogen and oxygen atoms in total. The summed E-state index contributed by atoms with van der Waals surface area (Å²) in [5.74, 6) is -0.718. The number of aromatic nitrogens is 2. The molecule has 0 N–H and O–H groups in total. The predicted octanol–water partition coefficient (Wildman–Crippen LogP) is 5.81. The van der Waals surface area contributed by atoms with Crippen LogP contribution >= 0.6 is 0 Å². The molecule has 0 aliphatic carbocycles. The fourth-order valence-electron chi connectivity index (χ4n) is 2.97. The SMILES string of the molecule is [C-]#[N+]c1ccc(CC(=O)C(C)(C)n2cc(-c3ccc(F)cc3)cn2)cc1C(F)(F)F. The molecule has 0 amide bonds. The van der Waals surface area contributed by atoms with Gasteiger partial charge in [-0.1, -0.05) is 30.3 Å². The van der Waals surface area contributed by atoms with Gasteiger partial charge in [0.2, 0.25) is 0 Å². The molecule has 0 aliphatic rings. The Morgan fingerprint density at radius 2 is 1.77 bits per heavy atom. The second-order valence-electron chi connectivity index (χ2n) is 7.30. The minimum absolute atomic E-state index is 0.165. The standard InChI is InChI=1S/C22H17F4N3O/c1-21(2,29-13-16(12-28-29)15-5-7-17(23)8-6-15)20(30)11-14-4-9-19(27-3)18(10-14)22(24,25)26/h4-10,12-13H,11H2,1-2H3. The topological polar surface area (TPSA) is 39.2 Å². The number of alkyl halides is 3. The van der Waals surface area contributed by atoms with E-state index in [1.807, 2.05) is 0 Å². The highest BCUT2D eigenvalue weighted by atomic mass is 19.4. The van der Waals surface area contributed by atoms with Crippen LogP contribution in [0.1, 0.15) is 25.0 Å². The molecule has 1 aromatic heterocycles. The van der Waals surface area contributed by atoms with E-state index in [9.17, 15) is 22.4 Å². The second kappa shape index (κ2) is 7.75. The van der Waals surface area contributed by atoms with Gasteiger partial charge in [-0.2, -0.15) is 18.3 Å². The van der Waals surface area contributed by atoms with Crippen LogP contribution in [0.2, 0.25) is 0 Å². The average molecular weight is 415 g/mol. The van der Waals surface area contributed by atoms with Crippen molar-refractivity contribution in [2.45, 2.75) is 32.0 Å². The van der Waals surface area contributed by atoms with Crippen molar-refractivity contribution in [1.82, 2.24) is 9.78 Å². The molecule has 0 spiro atoms. The molecule has 0 saturated heterocycles. The monoisotopic (exact) mass is 415 g/mol. The van der Waals surface area contributed by atoms with Crippen molar-refractivity contribution < 1.29 is 22.4 Å². The van der Waals surface area contributed by atoms with Gasteiger partial charge in [0.25, 0.3) is 0 Å². The first-order valence-corrected chi connectivity index (χ1v) is 8.94. The van der Waals surface area contributed by atoms with E-state index < -0.39 is 23.0 Å². The molecule has 0 radical (unpaired) electrons. The highest BCUT2D eigenvalue weighted by Crippen LogP contribution is 2.37. The van der Waals surface area contributed by atoms with Gasteiger partial charge in [-0.15, -0.1) is 0 Å². The lowest BCUT2D eigenvalue weighted by Gasteiger charge is -2.24. The fourth-order valence-corrected chi connectivity index (χ4v) is 2.97. The van der Waals surface area contributed by atoms with E-state index in [1.165, 1.54) is 29.1 Å². The lowest BCUT2D eigenvalue weighted by atomic mass is 9.93. The average Bonchev–Trinajstić information content (AvgIpc) is 3.19. The Morgan fingerprint density at radius 3 is 2.37 bits per heavy atom. The van der Waals surface area contributed by atoms with Crippen molar-refractivity contribution in [3.8, 4) is 11.1 Å². The third kappa shape index (κ3) is 4.25. The zero-order valence-corrected chi connectivity index (χ0v) is 16.2. The van der Waals surface area contributed by atoms with Gasteiger partial charge in [0, 0.05) is 18.2 Å². The van der Waals surface area contributed by atoms with Gasteiger partial charge >= 0.3 is 6.18 Å². The normalized spacial score (nSPS) is 11.9. The first-order valence-electron chi connectivity index (χ1n) is 8.94. The van der Waals surface area contributed by atoms with Crippen LogP contribution in [0.5, 0.6) is 0 Å². The van der Waals surface area contributed by atoms with Gasteiger partial charge in [0.15, 0.2) is 11.5 Å². The molecule has 0 unspecified atom stereocenters. The number of carbonyl (C=O) groups is 1. The molecule has 3 aromatic rings. The highest BCUT2D eigenvalue weighted by molar-refractivity contribution is 5.88. The van der Waals surface area contributed by atoms with E-state index in [2.05, 4.69) is 9.94 Å². The van der Waals surface area contributed by atoms with Crippen LogP contribution in [-0.2, 0) is 22.9 Å². The van der Waals surface area contributed by atoms with Gasteiger partial charge in [-0.25, -0.2) is 9.24 Å². The number of rotatable bonds is 5. The first-order chi connectivity index (χ1) is 14.0. The summed E-state index contributed by atoms with van der Waals surface area (Å²) in [4.78, 5) is 15.8. The van der Waals surface area contributed by atoms with E-state index in [1.54, 1.807) is 32.2 Å². The van der Waals surface area contributed by atoms with Gasteiger partial charge in [0.05, 0.1) is 18.3 Å². The van der Waals surface area contributed by atoms with E-state index in [4.69, 9.17) is 6.57 Å². The molecule has 0 saturated carbocycles. The number of nitrogens with zero attached hydrogens (tertiary/aromatic N) is 3. The zero-order valence-electron chi connectivity index (χ0n) is 16.2. The molecule has 0 fully saturated rings. The van der Waals surface area contributed by atoms with Crippen molar-refractivity contribution >= 4 is 11.5 Å². The molecule has 154 valence electrons. The Labute approximate surface area is 170 Å². The molecule has 0 aliphatic heterocycles. The zero-order chi connectivity index (χ0) is 22.1. The molecule has 30 heavy (non-hydrogen) atoms. The first kappa shape index (κ1) is 21.2. The third-order valence-corrected chi connectivity index (χ3v) is 4.87. The lowest BCUT2D eigenvalue weighted by molar-refractivity contribution is -0.137. The lowest BCUT2D eigenvalue weighted by Crippen LogP contribution is -2.37. The Hall–Kier alpha value is -3.47. The van der Waals surface area contributed by atoms with Crippen molar-refractivity contribution in [2.24, 2.45) is 0 Å². The van der Waals surface area contributed by atoms with Crippen LogP contribution in [0, 0.1) is 12.4 Å². The summed E-state index contributed by atoms with van der Waals surface area (Å²) in [6.07, 6.45) is -1.76. The number of carbonyl (C=O) groups excluding carboxylic acids is 1. The summed E-state index contributed by atoms with van der Waals surface area (Å²) in [6.45, 7) is 10.1. The van der Waals surface area contributed by atoms with Crippen LogP contribution in [-0.4, -0.2) is 15.6 Å². The van der Waals surface area contributed by atoms with Gasteiger partial charge in [-0.3, -0.25) is 9.48 Å². The number of hydrogen-bond donors (Lipinski definition) is 0. The molecule has 0 atom stereocenters. The maximum atomic E-state index is 13.2. The number of Topliss-reactive ketones (excluding diaryl/α,β-unsaturated/α-hetero) is 1. The Balaban J connectivity index is 1.85. The Bertz CT molecular complexity index is 1120. The van der Waals surface area contributed by atoms with Crippen LogP contribution in [0.15, 0.2) is 54.9 Å². The maximum Gasteiger partial charge on any atom is 0.407 e.